The first kappa shape index (κ1) is 15.4. The second-order valence-corrected chi connectivity index (χ2v) is 11.4. The summed E-state index contributed by atoms with van der Waals surface area (Å²) in [6.07, 6.45) is 0. The Labute approximate surface area is 119 Å². The van der Waals surface area contributed by atoms with E-state index in [4.69, 9.17) is 9.47 Å². The monoisotopic (exact) mass is 286 g/mol. The highest BCUT2D eigenvalue weighted by molar-refractivity contribution is 6.77. The zero-order valence-corrected chi connectivity index (χ0v) is 14.0. The summed E-state index contributed by atoms with van der Waals surface area (Å²) in [6, 6.07) is 0. The zero-order valence-electron chi connectivity index (χ0n) is 13.0. The molecule has 5 heteroatoms. The van der Waals surface area contributed by atoms with E-state index < -0.39 is 8.40 Å². The van der Waals surface area contributed by atoms with Gasteiger partial charge in [0, 0.05) is 26.2 Å². The van der Waals surface area contributed by atoms with Gasteiger partial charge in [-0.15, -0.1) is 0 Å². The standard InChI is InChI=1S/C14H30N2O2Si/c1-13(2)19(14(3)4,15-5-9-17-10-6-15)16-7-11-18-12-8-16/h13-14H,5-12H2,1-4H3. The molecule has 0 atom stereocenters. The topological polar surface area (TPSA) is 24.9 Å². The van der Waals surface area contributed by atoms with Crippen molar-refractivity contribution in [2.45, 2.75) is 38.8 Å². The molecule has 0 aromatic carbocycles. The molecule has 2 fully saturated rings. The second-order valence-electron chi connectivity index (χ2n) is 6.29. The molecule has 2 aliphatic heterocycles. The molecule has 0 aromatic heterocycles. The summed E-state index contributed by atoms with van der Waals surface area (Å²) in [7, 11) is -1.64. The van der Waals surface area contributed by atoms with Gasteiger partial charge in [-0.25, -0.2) is 0 Å². The maximum atomic E-state index is 5.58. The molecule has 2 rings (SSSR count). The third-order valence-corrected chi connectivity index (χ3v) is 11.1. The third kappa shape index (κ3) is 2.90. The first-order valence-electron chi connectivity index (χ1n) is 7.75. The molecule has 0 aromatic rings. The molecule has 0 bridgehead atoms. The molecule has 0 radical (unpaired) electrons. The highest BCUT2D eigenvalue weighted by Crippen LogP contribution is 2.39. The van der Waals surface area contributed by atoms with E-state index in [1.165, 1.54) is 0 Å². The van der Waals surface area contributed by atoms with Crippen LogP contribution in [0.2, 0.25) is 11.1 Å². The van der Waals surface area contributed by atoms with Gasteiger partial charge in [0.2, 0.25) is 8.40 Å². The average molecular weight is 286 g/mol. The molecule has 0 saturated carbocycles. The predicted molar refractivity (Wildman–Crippen MR) is 80.7 cm³/mol. The summed E-state index contributed by atoms with van der Waals surface area (Å²) in [4.78, 5) is 0. The maximum Gasteiger partial charge on any atom is 0.212 e. The van der Waals surface area contributed by atoms with Crippen molar-refractivity contribution in [3.63, 3.8) is 0 Å². The van der Waals surface area contributed by atoms with E-state index in [9.17, 15) is 0 Å². The van der Waals surface area contributed by atoms with Crippen LogP contribution in [-0.4, -0.2) is 70.1 Å². The van der Waals surface area contributed by atoms with Crippen molar-refractivity contribution < 1.29 is 9.47 Å². The lowest BCUT2D eigenvalue weighted by Gasteiger charge is -2.55. The largest absolute Gasteiger partial charge is 0.379 e. The van der Waals surface area contributed by atoms with Gasteiger partial charge < -0.3 is 18.6 Å². The Morgan fingerprint density at radius 2 is 1.00 bits per heavy atom. The molecule has 0 amide bonds. The number of hydrogen-bond donors (Lipinski definition) is 0. The maximum absolute atomic E-state index is 5.58. The van der Waals surface area contributed by atoms with Crippen LogP contribution in [0.4, 0.5) is 0 Å². The first-order valence-corrected chi connectivity index (χ1v) is 9.80. The summed E-state index contributed by atoms with van der Waals surface area (Å²) in [5.74, 6) is 0. The molecule has 2 aliphatic rings. The summed E-state index contributed by atoms with van der Waals surface area (Å²) in [6.45, 7) is 17.8. The van der Waals surface area contributed by atoms with Crippen LogP contribution in [0.25, 0.3) is 0 Å². The first-order chi connectivity index (χ1) is 9.10. The van der Waals surface area contributed by atoms with Gasteiger partial charge in [0.1, 0.15) is 0 Å². The van der Waals surface area contributed by atoms with E-state index in [1.807, 2.05) is 0 Å². The SMILES string of the molecule is CC(C)[Si](C(C)C)(N1CCOCC1)N1CCOCC1. The van der Waals surface area contributed by atoms with Crippen LogP contribution in [0.5, 0.6) is 0 Å². The lowest BCUT2D eigenvalue weighted by molar-refractivity contribution is 0.0407. The van der Waals surface area contributed by atoms with Gasteiger partial charge in [0.15, 0.2) is 0 Å². The molecule has 0 N–H and O–H groups in total. The lowest BCUT2D eigenvalue weighted by Crippen LogP contribution is -2.72. The molecule has 2 heterocycles. The molecular weight excluding hydrogens is 256 g/mol. The number of nitrogens with zero attached hydrogens (tertiary/aromatic N) is 2. The van der Waals surface area contributed by atoms with Gasteiger partial charge in [0.05, 0.1) is 26.4 Å². The van der Waals surface area contributed by atoms with Gasteiger partial charge in [-0.3, -0.25) is 0 Å². The van der Waals surface area contributed by atoms with E-state index >= 15 is 0 Å². The van der Waals surface area contributed by atoms with Gasteiger partial charge >= 0.3 is 0 Å². The Bertz CT molecular complexity index is 247. The molecule has 112 valence electrons. The minimum atomic E-state index is -1.64. The van der Waals surface area contributed by atoms with E-state index in [2.05, 4.69) is 36.8 Å². The number of hydrogen-bond acceptors (Lipinski definition) is 4. The fourth-order valence-electron chi connectivity index (χ4n) is 4.17. The average Bonchev–Trinajstić information content (AvgIpc) is 2.41. The van der Waals surface area contributed by atoms with E-state index in [-0.39, 0.29) is 0 Å². The highest BCUT2D eigenvalue weighted by Gasteiger charge is 2.51. The molecule has 2 saturated heterocycles. The van der Waals surface area contributed by atoms with Crippen LogP contribution in [0, 0.1) is 0 Å². The number of morpholine rings is 2. The predicted octanol–water partition coefficient (Wildman–Crippen LogP) is 1.91. The van der Waals surface area contributed by atoms with Crippen molar-refractivity contribution in [2.24, 2.45) is 0 Å². The van der Waals surface area contributed by atoms with Gasteiger partial charge in [-0.1, -0.05) is 27.7 Å². The normalized spacial score (nSPS) is 24.3. The summed E-state index contributed by atoms with van der Waals surface area (Å²) < 4.78 is 16.8. The summed E-state index contributed by atoms with van der Waals surface area (Å²) in [5, 5.41) is 0. The molecule has 0 aliphatic carbocycles. The van der Waals surface area contributed by atoms with Crippen molar-refractivity contribution in [1.82, 2.24) is 9.13 Å². The lowest BCUT2D eigenvalue weighted by atomic mass is 10.5. The Morgan fingerprint density at radius 3 is 1.26 bits per heavy atom. The zero-order chi connectivity index (χ0) is 13.9. The molecule has 0 unspecified atom stereocenters. The van der Waals surface area contributed by atoms with E-state index in [0.29, 0.717) is 0 Å². The Morgan fingerprint density at radius 1 is 0.684 bits per heavy atom. The van der Waals surface area contributed by atoms with Crippen molar-refractivity contribution in [3.8, 4) is 0 Å². The molecule has 19 heavy (non-hydrogen) atoms. The van der Waals surface area contributed by atoms with Crippen LogP contribution in [-0.2, 0) is 9.47 Å². The molecule has 0 spiro atoms. The fourth-order valence-corrected chi connectivity index (χ4v) is 10.6. The number of ether oxygens (including phenoxy) is 2. The van der Waals surface area contributed by atoms with Crippen LogP contribution >= 0.6 is 0 Å². The Hall–Kier alpha value is 0.0569. The van der Waals surface area contributed by atoms with Gasteiger partial charge in [-0.2, -0.15) is 0 Å². The highest BCUT2D eigenvalue weighted by atomic mass is 28.4. The smallest absolute Gasteiger partial charge is 0.212 e. The quantitative estimate of drug-likeness (QED) is 0.737. The van der Waals surface area contributed by atoms with Crippen molar-refractivity contribution in [1.29, 1.82) is 0 Å². The minimum absolute atomic E-state index is 0.740. The van der Waals surface area contributed by atoms with E-state index in [0.717, 1.165) is 63.7 Å². The summed E-state index contributed by atoms with van der Waals surface area (Å²) in [5.41, 5.74) is 1.48. The van der Waals surface area contributed by atoms with Crippen molar-refractivity contribution >= 4 is 8.40 Å². The minimum Gasteiger partial charge on any atom is -0.379 e. The van der Waals surface area contributed by atoms with Crippen molar-refractivity contribution in [3.05, 3.63) is 0 Å². The Balaban J connectivity index is 2.28. The van der Waals surface area contributed by atoms with Gasteiger partial charge in [0.25, 0.3) is 0 Å². The van der Waals surface area contributed by atoms with Crippen LogP contribution in [0.1, 0.15) is 27.7 Å². The van der Waals surface area contributed by atoms with E-state index in [1.54, 1.807) is 0 Å². The van der Waals surface area contributed by atoms with Crippen molar-refractivity contribution in [2.75, 3.05) is 52.6 Å². The summed E-state index contributed by atoms with van der Waals surface area (Å²) >= 11 is 0. The molecular formula is C14H30N2O2Si. The molecule has 4 nitrogen and oxygen atoms in total. The fraction of sp³-hybridized carbons (Fsp3) is 1.00. The van der Waals surface area contributed by atoms with Gasteiger partial charge in [-0.05, 0) is 11.1 Å². The second kappa shape index (κ2) is 6.67. The van der Waals surface area contributed by atoms with Crippen LogP contribution < -0.4 is 0 Å². The third-order valence-electron chi connectivity index (χ3n) is 4.73. The number of rotatable bonds is 4. The Kier molecular flexibility index (Phi) is 5.43. The van der Waals surface area contributed by atoms with Crippen LogP contribution in [0.15, 0.2) is 0 Å². The van der Waals surface area contributed by atoms with Crippen LogP contribution in [0.3, 0.4) is 0 Å².